The molecule has 0 bridgehead atoms. The number of hydrogen-bond donors (Lipinski definition) is 2. The number of rotatable bonds is 9. The molecule has 6 nitrogen and oxygen atoms in total. The maximum atomic E-state index is 6.00. The summed E-state index contributed by atoms with van der Waals surface area (Å²) in [5, 5.41) is 6.51. The fourth-order valence-corrected chi connectivity index (χ4v) is 1.96. The first-order valence-corrected chi connectivity index (χ1v) is 8.24. The third kappa shape index (κ3) is 11.2. The quantitative estimate of drug-likeness (QED) is 0.254. The van der Waals surface area contributed by atoms with E-state index in [-0.39, 0.29) is 29.6 Å². The van der Waals surface area contributed by atoms with Gasteiger partial charge in [-0.1, -0.05) is 18.2 Å². The largest absolute Gasteiger partial charge is 0.488 e. The lowest BCUT2D eigenvalue weighted by atomic mass is 10.1. The molecule has 0 fully saturated rings. The number of nitrogens with zero attached hydrogens (tertiary/aromatic N) is 1. The normalized spacial score (nSPS) is 11.6. The van der Waals surface area contributed by atoms with Gasteiger partial charge in [-0.3, -0.25) is 4.99 Å². The zero-order valence-corrected chi connectivity index (χ0v) is 18.3. The maximum absolute atomic E-state index is 6.00. The van der Waals surface area contributed by atoms with Gasteiger partial charge in [-0.25, -0.2) is 0 Å². The molecule has 2 N–H and O–H groups in total. The molecule has 0 atom stereocenters. The molecule has 0 spiro atoms. The summed E-state index contributed by atoms with van der Waals surface area (Å²) in [7, 11) is 3.41. The Bertz CT molecular complexity index is 505. The third-order valence-electron chi connectivity index (χ3n) is 3.03. The van der Waals surface area contributed by atoms with Crippen LogP contribution in [-0.2, 0) is 16.0 Å². The van der Waals surface area contributed by atoms with Crippen LogP contribution < -0.4 is 15.4 Å². The minimum Gasteiger partial charge on any atom is -0.488 e. The van der Waals surface area contributed by atoms with Gasteiger partial charge in [0.25, 0.3) is 0 Å². The topological polar surface area (TPSA) is 64.1 Å². The van der Waals surface area contributed by atoms with Crippen LogP contribution in [0.15, 0.2) is 29.3 Å². The molecule has 1 rings (SSSR count). The summed E-state index contributed by atoms with van der Waals surface area (Å²) in [6, 6.07) is 8.03. The Labute approximate surface area is 168 Å². The van der Waals surface area contributed by atoms with E-state index in [9.17, 15) is 0 Å². The number of halogens is 1. The Morgan fingerprint density at radius 3 is 2.44 bits per heavy atom. The van der Waals surface area contributed by atoms with Crippen molar-refractivity contribution < 1.29 is 14.2 Å². The minimum atomic E-state index is -0.227. The average molecular weight is 465 g/mol. The molecule has 0 heterocycles. The Kier molecular flexibility index (Phi) is 12.6. The number of para-hydroxylation sites is 1. The van der Waals surface area contributed by atoms with Gasteiger partial charge in [0.2, 0.25) is 0 Å². The van der Waals surface area contributed by atoms with Crippen LogP contribution in [0, 0.1) is 0 Å². The predicted molar refractivity (Wildman–Crippen MR) is 113 cm³/mol. The van der Waals surface area contributed by atoms with E-state index in [0.29, 0.717) is 32.9 Å². The second-order valence-electron chi connectivity index (χ2n) is 6.28. The minimum absolute atomic E-state index is 0. The first kappa shape index (κ1) is 23.9. The summed E-state index contributed by atoms with van der Waals surface area (Å²) in [6.07, 6.45) is 0. The van der Waals surface area contributed by atoms with Crippen molar-refractivity contribution in [2.24, 2.45) is 4.99 Å². The van der Waals surface area contributed by atoms with Crippen molar-refractivity contribution in [3.05, 3.63) is 29.8 Å². The van der Waals surface area contributed by atoms with Crippen LogP contribution in [0.2, 0.25) is 0 Å². The Morgan fingerprint density at radius 1 is 1.08 bits per heavy atom. The van der Waals surface area contributed by atoms with Gasteiger partial charge < -0.3 is 24.8 Å². The molecular formula is C18H32IN3O3. The van der Waals surface area contributed by atoms with Gasteiger partial charge in [0.1, 0.15) is 11.4 Å². The van der Waals surface area contributed by atoms with Crippen molar-refractivity contribution in [1.82, 2.24) is 10.6 Å². The van der Waals surface area contributed by atoms with Gasteiger partial charge in [0, 0.05) is 32.8 Å². The average Bonchev–Trinajstić information content (AvgIpc) is 2.53. The van der Waals surface area contributed by atoms with E-state index in [4.69, 9.17) is 14.2 Å². The summed E-state index contributed by atoms with van der Waals surface area (Å²) in [5.41, 5.74) is 0.863. The second-order valence-corrected chi connectivity index (χ2v) is 6.28. The van der Waals surface area contributed by atoms with Crippen LogP contribution >= 0.6 is 24.0 Å². The van der Waals surface area contributed by atoms with Gasteiger partial charge in [0.05, 0.1) is 19.8 Å². The van der Waals surface area contributed by atoms with Crippen LogP contribution in [0.4, 0.5) is 0 Å². The molecule has 1 aromatic rings. The number of aliphatic imine (C=N–C) groups is 1. The van der Waals surface area contributed by atoms with E-state index in [1.54, 1.807) is 14.2 Å². The van der Waals surface area contributed by atoms with Gasteiger partial charge >= 0.3 is 0 Å². The summed E-state index contributed by atoms with van der Waals surface area (Å²) >= 11 is 0. The zero-order chi connectivity index (χ0) is 17.8. The summed E-state index contributed by atoms with van der Waals surface area (Å²) in [5.74, 6) is 1.62. The van der Waals surface area contributed by atoms with E-state index in [1.807, 2.05) is 39.0 Å². The molecule has 0 aliphatic heterocycles. The van der Waals surface area contributed by atoms with Crippen LogP contribution in [0.3, 0.4) is 0 Å². The molecule has 25 heavy (non-hydrogen) atoms. The molecule has 144 valence electrons. The van der Waals surface area contributed by atoms with E-state index in [1.165, 1.54) is 0 Å². The standard InChI is InChI=1S/C18H31N3O3.HI/c1-18(2,3)24-16-9-7-6-8-15(16)14-21-17(19-4)20-10-11-23-13-12-22-5;/h6-9H,10-14H2,1-5H3,(H2,19,20,21);1H. The number of nitrogens with one attached hydrogen (secondary N) is 2. The first-order valence-electron chi connectivity index (χ1n) is 8.24. The van der Waals surface area contributed by atoms with Crippen molar-refractivity contribution in [2.75, 3.05) is 40.5 Å². The lowest BCUT2D eigenvalue weighted by Crippen LogP contribution is -2.38. The lowest BCUT2D eigenvalue weighted by molar-refractivity contribution is 0.0733. The molecular weight excluding hydrogens is 433 g/mol. The second kappa shape index (κ2) is 13.2. The molecule has 0 amide bonds. The van der Waals surface area contributed by atoms with Crippen molar-refractivity contribution >= 4 is 29.9 Å². The summed E-state index contributed by atoms with van der Waals surface area (Å²) < 4.78 is 16.3. The molecule has 0 aromatic heterocycles. The summed E-state index contributed by atoms with van der Waals surface area (Å²) in [4.78, 5) is 4.21. The maximum Gasteiger partial charge on any atom is 0.191 e. The number of hydrogen-bond acceptors (Lipinski definition) is 4. The van der Waals surface area contributed by atoms with Crippen LogP contribution in [0.5, 0.6) is 5.75 Å². The summed E-state index contributed by atoms with van der Waals surface area (Å²) in [6.45, 7) is 9.26. The molecule has 0 saturated heterocycles. The smallest absolute Gasteiger partial charge is 0.191 e. The molecule has 7 heteroatoms. The van der Waals surface area contributed by atoms with E-state index in [0.717, 1.165) is 17.3 Å². The molecule has 0 unspecified atom stereocenters. The highest BCUT2D eigenvalue weighted by Crippen LogP contribution is 2.22. The van der Waals surface area contributed by atoms with Crippen molar-refractivity contribution in [2.45, 2.75) is 32.9 Å². The van der Waals surface area contributed by atoms with Gasteiger partial charge in [0.15, 0.2) is 5.96 Å². The highest BCUT2D eigenvalue weighted by Gasteiger charge is 2.14. The molecule has 1 aromatic carbocycles. The van der Waals surface area contributed by atoms with Gasteiger partial charge in [-0.05, 0) is 26.8 Å². The number of benzene rings is 1. The van der Waals surface area contributed by atoms with Crippen molar-refractivity contribution in [3.8, 4) is 5.75 Å². The van der Waals surface area contributed by atoms with E-state index >= 15 is 0 Å². The predicted octanol–water partition coefficient (Wildman–Crippen LogP) is 2.81. The molecule has 0 aliphatic rings. The molecule has 0 aliphatic carbocycles. The first-order chi connectivity index (χ1) is 11.5. The molecule has 0 saturated carbocycles. The van der Waals surface area contributed by atoms with Crippen LogP contribution in [-0.4, -0.2) is 52.1 Å². The van der Waals surface area contributed by atoms with Gasteiger partial charge in [-0.15, -0.1) is 24.0 Å². The van der Waals surface area contributed by atoms with Crippen molar-refractivity contribution in [3.63, 3.8) is 0 Å². The Balaban J connectivity index is 0.00000576. The highest BCUT2D eigenvalue weighted by molar-refractivity contribution is 14.0. The monoisotopic (exact) mass is 465 g/mol. The van der Waals surface area contributed by atoms with E-state index < -0.39 is 0 Å². The SMILES string of the molecule is CN=C(NCCOCCOC)NCc1ccccc1OC(C)(C)C.I. The Hall–Kier alpha value is -1.06. The Morgan fingerprint density at radius 2 is 1.80 bits per heavy atom. The number of methoxy groups -OCH3 is 1. The van der Waals surface area contributed by atoms with Crippen LogP contribution in [0.1, 0.15) is 26.3 Å². The van der Waals surface area contributed by atoms with Crippen LogP contribution in [0.25, 0.3) is 0 Å². The van der Waals surface area contributed by atoms with E-state index in [2.05, 4.69) is 21.7 Å². The lowest BCUT2D eigenvalue weighted by Gasteiger charge is -2.23. The highest BCUT2D eigenvalue weighted by atomic mass is 127. The number of ether oxygens (including phenoxy) is 3. The fraction of sp³-hybridized carbons (Fsp3) is 0.611. The zero-order valence-electron chi connectivity index (χ0n) is 15.9. The number of guanidine groups is 1. The van der Waals surface area contributed by atoms with Crippen molar-refractivity contribution in [1.29, 1.82) is 0 Å². The third-order valence-corrected chi connectivity index (χ3v) is 3.03. The fourth-order valence-electron chi connectivity index (χ4n) is 1.96. The van der Waals surface area contributed by atoms with Gasteiger partial charge in [-0.2, -0.15) is 0 Å². The molecule has 0 radical (unpaired) electrons.